The molecular formula is C17H26N2O3. The van der Waals surface area contributed by atoms with E-state index in [9.17, 15) is 9.59 Å². The summed E-state index contributed by atoms with van der Waals surface area (Å²) in [6, 6.07) is 5.72. The fraction of sp³-hybridized carbons (Fsp3) is 0.529. The van der Waals surface area contributed by atoms with Crippen LogP contribution in [0.3, 0.4) is 0 Å². The maximum absolute atomic E-state index is 11.8. The van der Waals surface area contributed by atoms with Crippen molar-refractivity contribution in [2.75, 3.05) is 25.1 Å². The van der Waals surface area contributed by atoms with Crippen LogP contribution in [0, 0.1) is 13.8 Å². The van der Waals surface area contributed by atoms with Crippen molar-refractivity contribution in [3.63, 3.8) is 0 Å². The molecule has 0 atom stereocenters. The van der Waals surface area contributed by atoms with Gasteiger partial charge in [0.05, 0.1) is 0 Å². The molecule has 0 heterocycles. The summed E-state index contributed by atoms with van der Waals surface area (Å²) in [5, 5.41) is 5.23. The number of hydrogen-bond donors (Lipinski definition) is 2. The quantitative estimate of drug-likeness (QED) is 0.573. The molecule has 0 unspecified atom stereocenters. The molecule has 1 aromatic carbocycles. The van der Waals surface area contributed by atoms with Gasteiger partial charge in [0.2, 0.25) is 0 Å². The molecule has 0 fully saturated rings. The van der Waals surface area contributed by atoms with E-state index in [0.29, 0.717) is 25.3 Å². The Bertz CT molecular complexity index is 501. The van der Waals surface area contributed by atoms with Gasteiger partial charge in [0.15, 0.2) is 0 Å². The monoisotopic (exact) mass is 306 g/mol. The van der Waals surface area contributed by atoms with Crippen LogP contribution in [-0.4, -0.2) is 31.6 Å². The van der Waals surface area contributed by atoms with Crippen LogP contribution < -0.4 is 10.6 Å². The lowest BCUT2D eigenvalue weighted by atomic mass is 10.1. The number of anilines is 1. The predicted octanol–water partition coefficient (Wildman–Crippen LogP) is 2.56. The summed E-state index contributed by atoms with van der Waals surface area (Å²) in [7, 11) is 0. The van der Waals surface area contributed by atoms with Crippen LogP contribution in [-0.2, 0) is 14.3 Å². The van der Waals surface area contributed by atoms with E-state index in [2.05, 4.69) is 17.6 Å². The fourth-order valence-corrected chi connectivity index (χ4v) is 1.85. The van der Waals surface area contributed by atoms with Crippen molar-refractivity contribution in [3.05, 3.63) is 29.3 Å². The Morgan fingerprint density at radius 1 is 1.09 bits per heavy atom. The molecule has 0 saturated heterocycles. The van der Waals surface area contributed by atoms with Crippen molar-refractivity contribution in [1.29, 1.82) is 0 Å². The molecule has 0 aromatic heterocycles. The number of benzene rings is 1. The van der Waals surface area contributed by atoms with Crippen LogP contribution >= 0.6 is 0 Å². The number of hydrogen-bond acceptors (Lipinski definition) is 3. The molecular weight excluding hydrogens is 280 g/mol. The number of carbonyl (C=O) groups is 2. The SMILES string of the molecule is CCCCOCCCNC(=O)C(=O)Nc1cc(C)ccc1C. The molecule has 0 aliphatic heterocycles. The smallest absolute Gasteiger partial charge is 0.313 e. The Morgan fingerprint density at radius 2 is 1.82 bits per heavy atom. The maximum Gasteiger partial charge on any atom is 0.313 e. The van der Waals surface area contributed by atoms with E-state index >= 15 is 0 Å². The Kier molecular flexibility index (Phi) is 8.22. The highest BCUT2D eigenvalue weighted by atomic mass is 16.5. The first-order chi connectivity index (χ1) is 10.5. The number of aryl methyl sites for hydroxylation is 2. The standard InChI is InChI=1S/C17H26N2O3/c1-4-5-10-22-11-6-9-18-16(20)17(21)19-15-12-13(2)7-8-14(15)3/h7-8,12H,4-6,9-11H2,1-3H3,(H,18,20)(H,19,21). The summed E-state index contributed by atoms with van der Waals surface area (Å²) < 4.78 is 5.39. The van der Waals surface area contributed by atoms with Crippen LogP contribution in [0.5, 0.6) is 0 Å². The molecule has 0 aliphatic rings. The summed E-state index contributed by atoms with van der Waals surface area (Å²) in [5.41, 5.74) is 2.63. The molecule has 122 valence electrons. The lowest BCUT2D eigenvalue weighted by Crippen LogP contribution is -2.36. The second-order valence-corrected chi connectivity index (χ2v) is 5.35. The first-order valence-corrected chi connectivity index (χ1v) is 7.78. The van der Waals surface area contributed by atoms with Crippen LogP contribution in [0.4, 0.5) is 5.69 Å². The fourth-order valence-electron chi connectivity index (χ4n) is 1.85. The van der Waals surface area contributed by atoms with E-state index in [0.717, 1.165) is 30.6 Å². The molecule has 5 heteroatoms. The molecule has 1 rings (SSSR count). The van der Waals surface area contributed by atoms with Crippen molar-refractivity contribution in [3.8, 4) is 0 Å². The molecule has 5 nitrogen and oxygen atoms in total. The zero-order valence-electron chi connectivity index (χ0n) is 13.7. The minimum Gasteiger partial charge on any atom is -0.381 e. The first kappa shape index (κ1) is 18.2. The van der Waals surface area contributed by atoms with Crippen LogP contribution in [0.1, 0.15) is 37.3 Å². The third kappa shape index (κ3) is 6.72. The van der Waals surface area contributed by atoms with Gasteiger partial charge in [-0.2, -0.15) is 0 Å². The molecule has 1 aromatic rings. The number of unbranched alkanes of at least 4 members (excludes halogenated alkanes) is 1. The van der Waals surface area contributed by atoms with Crippen molar-refractivity contribution in [2.45, 2.75) is 40.0 Å². The maximum atomic E-state index is 11.8. The average Bonchev–Trinajstić information content (AvgIpc) is 2.49. The average molecular weight is 306 g/mol. The number of ether oxygens (including phenoxy) is 1. The van der Waals surface area contributed by atoms with E-state index in [1.807, 2.05) is 32.0 Å². The first-order valence-electron chi connectivity index (χ1n) is 7.78. The van der Waals surface area contributed by atoms with Gasteiger partial charge >= 0.3 is 11.8 Å². The highest BCUT2D eigenvalue weighted by Crippen LogP contribution is 2.15. The third-order valence-corrected chi connectivity index (χ3v) is 3.24. The highest BCUT2D eigenvalue weighted by molar-refractivity contribution is 6.39. The lowest BCUT2D eigenvalue weighted by Gasteiger charge is -2.09. The lowest BCUT2D eigenvalue weighted by molar-refractivity contribution is -0.136. The minimum absolute atomic E-state index is 0.436. The summed E-state index contributed by atoms with van der Waals surface area (Å²) in [6.07, 6.45) is 2.85. The van der Waals surface area contributed by atoms with Gasteiger partial charge in [0.25, 0.3) is 0 Å². The van der Waals surface area contributed by atoms with Gasteiger partial charge in [-0.15, -0.1) is 0 Å². The molecule has 0 radical (unpaired) electrons. The van der Waals surface area contributed by atoms with Crippen molar-refractivity contribution >= 4 is 17.5 Å². The Balaban J connectivity index is 2.27. The Hall–Kier alpha value is -1.88. The normalized spacial score (nSPS) is 10.3. The van der Waals surface area contributed by atoms with E-state index < -0.39 is 11.8 Å². The summed E-state index contributed by atoms with van der Waals surface area (Å²) in [5.74, 6) is -1.25. The number of amides is 2. The Labute approximate surface area is 132 Å². The molecule has 0 saturated carbocycles. The molecule has 22 heavy (non-hydrogen) atoms. The minimum atomic E-state index is -0.638. The van der Waals surface area contributed by atoms with Crippen molar-refractivity contribution in [1.82, 2.24) is 5.32 Å². The predicted molar refractivity (Wildman–Crippen MR) is 87.9 cm³/mol. The Morgan fingerprint density at radius 3 is 2.55 bits per heavy atom. The summed E-state index contributed by atoms with van der Waals surface area (Å²) in [6.45, 7) is 7.72. The van der Waals surface area contributed by atoms with Crippen molar-refractivity contribution < 1.29 is 14.3 Å². The molecule has 0 spiro atoms. The molecule has 0 bridgehead atoms. The van der Waals surface area contributed by atoms with Gasteiger partial charge in [0, 0.05) is 25.4 Å². The van der Waals surface area contributed by atoms with Crippen molar-refractivity contribution in [2.24, 2.45) is 0 Å². The van der Waals surface area contributed by atoms with Crippen LogP contribution in [0.2, 0.25) is 0 Å². The highest BCUT2D eigenvalue weighted by Gasteiger charge is 2.13. The largest absolute Gasteiger partial charge is 0.381 e. The van der Waals surface area contributed by atoms with Gasteiger partial charge < -0.3 is 15.4 Å². The topological polar surface area (TPSA) is 67.4 Å². The van der Waals surface area contributed by atoms with Gasteiger partial charge in [-0.3, -0.25) is 9.59 Å². The van der Waals surface area contributed by atoms with Gasteiger partial charge in [-0.25, -0.2) is 0 Å². The number of carbonyl (C=O) groups excluding carboxylic acids is 2. The van der Waals surface area contributed by atoms with Crippen LogP contribution in [0.15, 0.2) is 18.2 Å². The molecule has 2 N–H and O–H groups in total. The van der Waals surface area contributed by atoms with Gasteiger partial charge in [-0.1, -0.05) is 25.5 Å². The van der Waals surface area contributed by atoms with E-state index in [4.69, 9.17) is 4.74 Å². The second kappa shape index (κ2) is 9.95. The van der Waals surface area contributed by atoms with Gasteiger partial charge in [0.1, 0.15) is 0 Å². The molecule has 2 amide bonds. The van der Waals surface area contributed by atoms with E-state index in [1.165, 1.54) is 0 Å². The summed E-state index contributed by atoms with van der Waals surface area (Å²) >= 11 is 0. The van der Waals surface area contributed by atoms with Gasteiger partial charge in [-0.05, 0) is 43.9 Å². The van der Waals surface area contributed by atoms with Crippen LogP contribution in [0.25, 0.3) is 0 Å². The number of nitrogens with one attached hydrogen (secondary N) is 2. The second-order valence-electron chi connectivity index (χ2n) is 5.35. The zero-order valence-corrected chi connectivity index (χ0v) is 13.7. The summed E-state index contributed by atoms with van der Waals surface area (Å²) in [4.78, 5) is 23.5. The zero-order chi connectivity index (χ0) is 16.4. The number of rotatable bonds is 8. The van der Waals surface area contributed by atoms with E-state index in [-0.39, 0.29) is 0 Å². The third-order valence-electron chi connectivity index (χ3n) is 3.24. The van der Waals surface area contributed by atoms with E-state index in [1.54, 1.807) is 0 Å². The molecule has 0 aliphatic carbocycles.